The van der Waals surface area contributed by atoms with E-state index in [9.17, 15) is 7.77 Å². The largest absolute Gasteiger partial charge is 0.354 e. The molecule has 0 spiro atoms. The van der Waals surface area contributed by atoms with Gasteiger partial charge in [-0.05, 0) is 0 Å². The average molecular weight is 263 g/mol. The lowest BCUT2D eigenvalue weighted by Crippen LogP contribution is -2.33. The smallest absolute Gasteiger partial charge is 0.195 e. The molecule has 1 heterocycles. The van der Waals surface area contributed by atoms with Crippen molar-refractivity contribution in [3.8, 4) is 0 Å². The normalized spacial score (nSPS) is 16.0. The Morgan fingerprint density at radius 2 is 2.25 bits per heavy atom. The third kappa shape index (κ3) is 3.28. The number of hydrogen-bond acceptors (Lipinski definition) is 5. The fraction of sp³-hybridized carbons (Fsp3) is 0.222. The van der Waals surface area contributed by atoms with Crippen LogP contribution in [0.4, 0.5) is 7.77 Å². The molecule has 0 bridgehead atoms. The molecule has 7 heteroatoms. The predicted octanol–water partition coefficient (Wildman–Crippen LogP) is 2.68. The molecule has 0 fully saturated rings. The van der Waals surface area contributed by atoms with Crippen LogP contribution in [0.25, 0.3) is 0 Å². The zero-order chi connectivity index (χ0) is 12.0. The molecule has 1 aliphatic rings. The van der Waals surface area contributed by atoms with Crippen LogP contribution in [0.5, 0.6) is 0 Å². The number of aliphatic imine (C=N–C) groups is 1. The molecule has 3 nitrogen and oxygen atoms in total. The summed E-state index contributed by atoms with van der Waals surface area (Å²) >= 11 is -0.0695. The van der Waals surface area contributed by atoms with E-state index in [2.05, 4.69) is 28.8 Å². The maximum atomic E-state index is 12.6. The van der Waals surface area contributed by atoms with Crippen LogP contribution in [-0.2, 0) is 0 Å². The van der Waals surface area contributed by atoms with Gasteiger partial charge in [-0.15, -0.1) is 0 Å². The number of nitrogens with one attached hydrogen (secondary N) is 2. The van der Waals surface area contributed by atoms with Gasteiger partial charge in [0.05, 0.1) is 46.3 Å². The first-order chi connectivity index (χ1) is 7.72. The van der Waals surface area contributed by atoms with Gasteiger partial charge in [-0.2, -0.15) is 7.77 Å². The molecule has 16 heavy (non-hydrogen) atoms. The van der Waals surface area contributed by atoms with Crippen molar-refractivity contribution in [3.63, 3.8) is 0 Å². The maximum absolute atomic E-state index is 12.6. The second-order valence-electron chi connectivity index (χ2n) is 2.80. The maximum Gasteiger partial charge on any atom is 0.195 e. The highest BCUT2D eigenvalue weighted by Gasteiger charge is 2.14. The van der Waals surface area contributed by atoms with Crippen molar-refractivity contribution in [3.05, 3.63) is 34.7 Å². The second-order valence-corrected chi connectivity index (χ2v) is 4.04. The van der Waals surface area contributed by atoms with E-state index in [4.69, 9.17) is 0 Å². The Morgan fingerprint density at radius 3 is 2.69 bits per heavy atom. The minimum absolute atomic E-state index is 0.0195. The summed E-state index contributed by atoms with van der Waals surface area (Å²) in [4.78, 5) is 4.32. The molecule has 0 aromatic rings. The molecule has 88 valence electrons. The van der Waals surface area contributed by atoms with Crippen LogP contribution in [0.1, 0.15) is 0 Å². The van der Waals surface area contributed by atoms with Gasteiger partial charge in [0.15, 0.2) is 5.96 Å². The van der Waals surface area contributed by atoms with Crippen molar-refractivity contribution >= 4 is 30.3 Å². The third-order valence-corrected chi connectivity index (χ3v) is 2.73. The van der Waals surface area contributed by atoms with E-state index < -0.39 is 0 Å². The zero-order valence-electron chi connectivity index (χ0n) is 8.43. The topological polar surface area (TPSA) is 36.4 Å². The van der Waals surface area contributed by atoms with Gasteiger partial charge in [0.2, 0.25) is 0 Å². The van der Waals surface area contributed by atoms with Crippen LogP contribution >= 0.6 is 24.3 Å². The van der Waals surface area contributed by atoms with Crippen molar-refractivity contribution in [2.45, 2.75) is 0 Å². The molecule has 0 aliphatic carbocycles. The summed E-state index contributed by atoms with van der Waals surface area (Å²) in [5.74, 6) is 0.485. The summed E-state index contributed by atoms with van der Waals surface area (Å²) in [6.07, 6.45) is 1.30. The first kappa shape index (κ1) is 13.1. The van der Waals surface area contributed by atoms with Crippen molar-refractivity contribution in [2.75, 3.05) is 13.1 Å². The number of rotatable bonds is 5. The minimum atomic E-state index is -0.0501. The van der Waals surface area contributed by atoms with Gasteiger partial charge in [-0.1, -0.05) is 19.2 Å². The Kier molecular flexibility index (Phi) is 5.41. The van der Waals surface area contributed by atoms with Crippen LogP contribution in [0.2, 0.25) is 0 Å². The lowest BCUT2D eigenvalue weighted by molar-refractivity contribution is 0.930. The first-order valence-electron chi connectivity index (χ1n) is 4.41. The zero-order valence-corrected chi connectivity index (χ0v) is 10.1. The van der Waals surface area contributed by atoms with E-state index in [1.807, 2.05) is 0 Å². The molecule has 0 radical (unpaired) electrons. The minimum Gasteiger partial charge on any atom is -0.354 e. The summed E-state index contributed by atoms with van der Waals surface area (Å²) in [5.41, 5.74) is 0.239. The highest BCUT2D eigenvalue weighted by Crippen LogP contribution is 2.30. The molecule has 0 aromatic heterocycles. The third-order valence-electron chi connectivity index (χ3n) is 1.80. The second kappa shape index (κ2) is 6.59. The summed E-state index contributed by atoms with van der Waals surface area (Å²) in [6.45, 7) is 8.28. The Morgan fingerprint density at radius 1 is 1.50 bits per heavy atom. The van der Waals surface area contributed by atoms with E-state index >= 15 is 0 Å². The number of nitrogens with zero attached hydrogens (tertiary/aromatic N) is 1. The molecule has 0 atom stereocenters. The highest BCUT2D eigenvalue weighted by molar-refractivity contribution is 7.99. The van der Waals surface area contributed by atoms with Crippen molar-refractivity contribution < 1.29 is 7.77 Å². The van der Waals surface area contributed by atoms with Gasteiger partial charge in [-0.3, -0.25) is 4.99 Å². The van der Waals surface area contributed by atoms with Gasteiger partial charge < -0.3 is 10.6 Å². The Bertz CT molecular complexity index is 353. The monoisotopic (exact) mass is 263 g/mol. The predicted molar refractivity (Wildman–Crippen MR) is 67.2 cm³/mol. The molecule has 2 N–H and O–H groups in total. The molecule has 1 rings (SSSR count). The van der Waals surface area contributed by atoms with Crippen molar-refractivity contribution in [1.82, 2.24) is 10.6 Å². The van der Waals surface area contributed by atoms with Gasteiger partial charge in [0.25, 0.3) is 0 Å². The molecule has 0 unspecified atom stereocenters. The Labute approximate surface area is 102 Å². The molecule has 0 saturated heterocycles. The van der Waals surface area contributed by atoms with Crippen LogP contribution in [0, 0.1) is 0 Å². The van der Waals surface area contributed by atoms with E-state index in [1.54, 1.807) is 0 Å². The summed E-state index contributed by atoms with van der Waals surface area (Å²) in [5, 5.41) is 5.73. The molecule has 0 aromatic carbocycles. The fourth-order valence-electron chi connectivity index (χ4n) is 1.08. The van der Waals surface area contributed by atoms with E-state index in [-0.39, 0.29) is 39.8 Å². The number of allylic oxidation sites excluding steroid dienone is 1. The molecule has 0 saturated carbocycles. The van der Waals surface area contributed by atoms with Gasteiger partial charge in [0.1, 0.15) is 0 Å². The van der Waals surface area contributed by atoms with E-state index in [0.717, 1.165) is 0 Å². The number of halogens is 2. The lowest BCUT2D eigenvalue weighted by atomic mass is 10.3. The number of guanidine groups is 1. The van der Waals surface area contributed by atoms with E-state index in [0.29, 0.717) is 19.0 Å². The Balaban J connectivity index is 2.90. The molecular formula is C9H11F2N3S2. The quantitative estimate of drug-likeness (QED) is 0.748. The van der Waals surface area contributed by atoms with Crippen LogP contribution in [-0.4, -0.2) is 19.0 Å². The Hall–Kier alpha value is -0.950. The molecule has 0 amide bonds. The molecular weight excluding hydrogens is 252 g/mol. The van der Waals surface area contributed by atoms with Crippen molar-refractivity contribution in [2.24, 2.45) is 4.99 Å². The fourth-order valence-corrected chi connectivity index (χ4v) is 1.70. The summed E-state index contributed by atoms with van der Waals surface area (Å²) < 4.78 is 25.1. The summed E-state index contributed by atoms with van der Waals surface area (Å²) in [6, 6.07) is 0. The summed E-state index contributed by atoms with van der Waals surface area (Å²) in [7, 11) is 0. The average Bonchev–Trinajstić information content (AvgIpc) is 2.81. The lowest BCUT2D eigenvalue weighted by Gasteiger charge is -2.12. The standard InChI is InChI=1S/C9H11F2N3S2/c1-3-7(16-11)8(6(2)15-10)14-9-12-4-5-13-9/h3H,1-2,4-5H2,(H2,12,13,14)/b8-7-. The van der Waals surface area contributed by atoms with Crippen molar-refractivity contribution in [1.29, 1.82) is 0 Å². The van der Waals surface area contributed by atoms with Crippen LogP contribution < -0.4 is 10.6 Å². The van der Waals surface area contributed by atoms with Gasteiger partial charge in [0, 0.05) is 6.54 Å². The highest BCUT2D eigenvalue weighted by atomic mass is 32.2. The first-order valence-corrected chi connectivity index (χ1v) is 5.84. The van der Waals surface area contributed by atoms with Crippen LogP contribution in [0.3, 0.4) is 0 Å². The van der Waals surface area contributed by atoms with E-state index in [1.165, 1.54) is 6.08 Å². The number of hydrogen-bond donors (Lipinski definition) is 2. The SMILES string of the molecule is C=C/C(SF)=C(/NC1=NCCN1)C(=C)SF. The van der Waals surface area contributed by atoms with Gasteiger partial charge >= 0.3 is 0 Å². The molecule has 1 aliphatic heterocycles. The van der Waals surface area contributed by atoms with Crippen LogP contribution in [0.15, 0.2) is 39.7 Å². The van der Waals surface area contributed by atoms with Gasteiger partial charge in [-0.25, -0.2) is 0 Å².